The highest BCUT2D eigenvalue weighted by Crippen LogP contribution is 2.47. The zero-order valence-corrected chi connectivity index (χ0v) is 12.0. The zero-order chi connectivity index (χ0) is 13.6. The van der Waals surface area contributed by atoms with Crippen LogP contribution >= 0.6 is 0 Å². The van der Waals surface area contributed by atoms with Crippen molar-refractivity contribution in [2.75, 3.05) is 13.1 Å². The number of rotatable bonds is 1. The number of fused-ring (bicyclic) bond motifs is 3. The molecule has 0 radical (unpaired) electrons. The molecule has 1 fully saturated rings. The van der Waals surface area contributed by atoms with Crippen molar-refractivity contribution in [1.29, 1.82) is 0 Å². The van der Waals surface area contributed by atoms with Crippen LogP contribution in [0.15, 0.2) is 54.6 Å². The average molecular weight is 263 g/mol. The molecule has 0 bridgehead atoms. The molecule has 0 N–H and O–H groups in total. The lowest BCUT2D eigenvalue weighted by molar-refractivity contribution is 0.194. The van der Waals surface area contributed by atoms with E-state index in [1.54, 1.807) is 5.56 Å². The molecule has 0 aromatic heterocycles. The summed E-state index contributed by atoms with van der Waals surface area (Å²) in [5.41, 5.74) is 4.66. The van der Waals surface area contributed by atoms with Gasteiger partial charge in [-0.3, -0.25) is 4.90 Å². The maximum atomic E-state index is 2.69. The molecule has 2 heterocycles. The van der Waals surface area contributed by atoms with E-state index in [-0.39, 0.29) is 5.41 Å². The van der Waals surface area contributed by atoms with Crippen molar-refractivity contribution in [3.63, 3.8) is 0 Å². The van der Waals surface area contributed by atoms with Crippen LogP contribution in [0.2, 0.25) is 0 Å². The predicted molar refractivity (Wildman–Crippen MR) is 82.9 cm³/mol. The fourth-order valence-corrected chi connectivity index (χ4v) is 4.20. The molecule has 20 heavy (non-hydrogen) atoms. The monoisotopic (exact) mass is 263 g/mol. The average Bonchev–Trinajstić information content (AvgIpc) is 2.97. The van der Waals surface area contributed by atoms with Crippen LogP contribution in [0.1, 0.15) is 42.5 Å². The minimum Gasteiger partial charge on any atom is -0.295 e. The Morgan fingerprint density at radius 1 is 1.00 bits per heavy atom. The molecule has 0 unspecified atom stereocenters. The second kappa shape index (κ2) is 4.46. The van der Waals surface area contributed by atoms with Crippen molar-refractivity contribution in [2.24, 2.45) is 0 Å². The van der Waals surface area contributed by atoms with Crippen molar-refractivity contribution in [3.8, 4) is 0 Å². The van der Waals surface area contributed by atoms with Gasteiger partial charge in [0.2, 0.25) is 0 Å². The first-order valence-corrected chi connectivity index (χ1v) is 7.68. The summed E-state index contributed by atoms with van der Waals surface area (Å²) in [6, 6.07) is 20.8. The van der Waals surface area contributed by atoms with Gasteiger partial charge in [-0.15, -0.1) is 0 Å². The second-order valence-electron chi connectivity index (χ2n) is 6.41. The molecule has 4 rings (SSSR count). The highest BCUT2D eigenvalue weighted by Gasteiger charge is 2.42. The van der Waals surface area contributed by atoms with E-state index in [9.17, 15) is 0 Å². The van der Waals surface area contributed by atoms with Crippen molar-refractivity contribution >= 4 is 0 Å². The normalized spacial score (nSPS) is 28.9. The third kappa shape index (κ3) is 1.66. The minimum absolute atomic E-state index is 0.124. The highest BCUT2D eigenvalue weighted by molar-refractivity contribution is 5.47. The third-order valence-corrected chi connectivity index (χ3v) is 5.21. The second-order valence-corrected chi connectivity index (χ2v) is 6.41. The standard InChI is InChI=1S/C19H21N/c1-19(15-8-3-2-4-9-15)14-20-13-7-12-18(20)16-10-5-6-11-17(16)19/h2-6,8-11,18H,7,12-14H2,1H3/t18-,19+/m0/s1. The van der Waals surface area contributed by atoms with E-state index >= 15 is 0 Å². The smallest absolute Gasteiger partial charge is 0.0352 e. The summed E-state index contributed by atoms with van der Waals surface area (Å²) in [5, 5.41) is 0. The van der Waals surface area contributed by atoms with Crippen molar-refractivity contribution in [1.82, 2.24) is 4.90 Å². The SMILES string of the molecule is C[C@]1(c2ccccc2)CN2CCC[C@H]2c2ccccc21. The Balaban J connectivity index is 1.91. The van der Waals surface area contributed by atoms with Crippen molar-refractivity contribution < 1.29 is 0 Å². The van der Waals surface area contributed by atoms with Crippen LogP contribution in [-0.4, -0.2) is 18.0 Å². The number of nitrogens with zero attached hydrogens (tertiary/aromatic N) is 1. The Morgan fingerprint density at radius 2 is 1.75 bits per heavy atom. The Labute approximate surface area is 121 Å². The van der Waals surface area contributed by atoms with Gasteiger partial charge in [0.15, 0.2) is 0 Å². The summed E-state index contributed by atoms with van der Waals surface area (Å²) in [6.07, 6.45) is 2.66. The molecule has 2 aromatic carbocycles. The summed E-state index contributed by atoms with van der Waals surface area (Å²) in [7, 11) is 0. The Morgan fingerprint density at radius 3 is 2.60 bits per heavy atom. The molecular formula is C19H21N. The largest absolute Gasteiger partial charge is 0.295 e. The van der Waals surface area contributed by atoms with Gasteiger partial charge in [-0.1, -0.05) is 61.5 Å². The first-order valence-electron chi connectivity index (χ1n) is 7.68. The molecule has 0 spiro atoms. The van der Waals surface area contributed by atoms with E-state index < -0.39 is 0 Å². The Bertz CT molecular complexity index is 619. The highest BCUT2D eigenvalue weighted by atomic mass is 15.2. The summed E-state index contributed by atoms with van der Waals surface area (Å²) in [4.78, 5) is 2.69. The first kappa shape index (κ1) is 12.2. The maximum Gasteiger partial charge on any atom is 0.0352 e. The van der Waals surface area contributed by atoms with Gasteiger partial charge in [0.05, 0.1) is 0 Å². The number of hydrogen-bond donors (Lipinski definition) is 0. The van der Waals surface area contributed by atoms with Crippen molar-refractivity contribution in [3.05, 3.63) is 71.3 Å². The van der Waals surface area contributed by atoms with Gasteiger partial charge in [0, 0.05) is 18.0 Å². The molecular weight excluding hydrogens is 242 g/mol. The Hall–Kier alpha value is -1.60. The summed E-state index contributed by atoms with van der Waals surface area (Å²) in [5.74, 6) is 0. The van der Waals surface area contributed by atoms with Crippen LogP contribution in [0.25, 0.3) is 0 Å². The van der Waals surface area contributed by atoms with E-state index in [0.29, 0.717) is 6.04 Å². The van der Waals surface area contributed by atoms with E-state index in [2.05, 4.69) is 66.4 Å². The minimum atomic E-state index is 0.124. The molecule has 102 valence electrons. The van der Waals surface area contributed by atoms with Crippen LogP contribution in [0.5, 0.6) is 0 Å². The number of hydrogen-bond acceptors (Lipinski definition) is 1. The lowest BCUT2D eigenvalue weighted by atomic mass is 9.70. The van der Waals surface area contributed by atoms with Crippen LogP contribution < -0.4 is 0 Å². The Kier molecular flexibility index (Phi) is 2.71. The van der Waals surface area contributed by atoms with Gasteiger partial charge >= 0.3 is 0 Å². The topological polar surface area (TPSA) is 3.24 Å². The maximum absolute atomic E-state index is 2.69. The fourth-order valence-electron chi connectivity index (χ4n) is 4.20. The quantitative estimate of drug-likeness (QED) is 0.747. The predicted octanol–water partition coefficient (Wildman–Crippen LogP) is 4.14. The van der Waals surface area contributed by atoms with Crippen LogP contribution in [0.3, 0.4) is 0 Å². The lowest BCUT2D eigenvalue weighted by Crippen LogP contribution is -2.44. The molecule has 1 heteroatoms. The van der Waals surface area contributed by atoms with Gasteiger partial charge in [0.1, 0.15) is 0 Å². The molecule has 0 aliphatic carbocycles. The van der Waals surface area contributed by atoms with Crippen molar-refractivity contribution in [2.45, 2.75) is 31.2 Å². The molecule has 2 atom stereocenters. The van der Waals surface area contributed by atoms with Crippen LogP contribution in [0, 0.1) is 0 Å². The summed E-state index contributed by atoms with van der Waals surface area (Å²) in [6.45, 7) is 4.82. The molecule has 2 aliphatic rings. The lowest BCUT2D eigenvalue weighted by Gasteiger charge is -2.44. The summed E-state index contributed by atoms with van der Waals surface area (Å²) < 4.78 is 0. The molecule has 0 amide bonds. The van der Waals surface area contributed by atoms with E-state index in [4.69, 9.17) is 0 Å². The fraction of sp³-hybridized carbons (Fsp3) is 0.368. The van der Waals surface area contributed by atoms with E-state index in [1.165, 1.54) is 30.5 Å². The first-order chi connectivity index (χ1) is 9.79. The zero-order valence-electron chi connectivity index (χ0n) is 12.0. The molecule has 1 nitrogen and oxygen atoms in total. The number of benzene rings is 2. The molecule has 0 saturated carbocycles. The molecule has 2 aliphatic heterocycles. The molecule has 2 aromatic rings. The van der Waals surface area contributed by atoms with E-state index in [0.717, 1.165) is 6.54 Å². The van der Waals surface area contributed by atoms with Crippen LogP contribution in [-0.2, 0) is 5.41 Å². The van der Waals surface area contributed by atoms with Gasteiger partial charge in [0.25, 0.3) is 0 Å². The van der Waals surface area contributed by atoms with Crippen LogP contribution in [0.4, 0.5) is 0 Å². The van der Waals surface area contributed by atoms with Gasteiger partial charge in [-0.05, 0) is 36.1 Å². The molecule has 1 saturated heterocycles. The van der Waals surface area contributed by atoms with E-state index in [1.807, 2.05) is 0 Å². The van der Waals surface area contributed by atoms with Gasteiger partial charge in [-0.2, -0.15) is 0 Å². The van der Waals surface area contributed by atoms with Gasteiger partial charge < -0.3 is 0 Å². The third-order valence-electron chi connectivity index (χ3n) is 5.21. The summed E-state index contributed by atoms with van der Waals surface area (Å²) >= 11 is 0. The van der Waals surface area contributed by atoms with Gasteiger partial charge in [-0.25, -0.2) is 0 Å².